The minimum atomic E-state index is -1.41. The zero-order valence-corrected chi connectivity index (χ0v) is 13.8. The molecular weight excluding hydrogens is 360 g/mol. The first-order valence-electron chi connectivity index (χ1n) is 7.46. The lowest BCUT2D eigenvalue weighted by molar-refractivity contribution is 0.144. The first-order chi connectivity index (χ1) is 12.6. The Labute approximate surface area is 151 Å². The number of aromatic amines is 1. The van der Waals surface area contributed by atoms with Crippen LogP contribution >= 0.6 is 11.6 Å². The van der Waals surface area contributed by atoms with Gasteiger partial charge in [-0.3, -0.25) is 0 Å². The van der Waals surface area contributed by atoms with Gasteiger partial charge in [0.25, 0.3) is 0 Å². The third-order valence-electron chi connectivity index (χ3n) is 3.48. The molecule has 4 aromatic rings. The summed E-state index contributed by atoms with van der Waals surface area (Å²) >= 11 is 6.29. The summed E-state index contributed by atoms with van der Waals surface area (Å²) in [5.41, 5.74) is 1.30. The largest absolute Gasteiger partial charge is 0.511 e. The molecule has 0 saturated heterocycles. The summed E-state index contributed by atoms with van der Waals surface area (Å²) in [5, 5.41) is 13.1. The Balaban J connectivity index is 1.67. The monoisotopic (exact) mass is 370 g/mol. The summed E-state index contributed by atoms with van der Waals surface area (Å²) in [7, 11) is 0. The number of imidazole rings is 1. The normalized spacial score (nSPS) is 10.8. The number of H-pyrrole nitrogens is 1. The van der Waals surface area contributed by atoms with Gasteiger partial charge in [-0.15, -0.1) is 0 Å². The Morgan fingerprint density at radius 2 is 2.00 bits per heavy atom. The quantitative estimate of drug-likeness (QED) is 0.520. The lowest BCUT2D eigenvalue weighted by atomic mass is 10.3. The molecule has 2 aromatic heterocycles. The summed E-state index contributed by atoms with van der Waals surface area (Å²) in [6.07, 6.45) is 1.26. The molecule has 0 aliphatic heterocycles. The van der Waals surface area contributed by atoms with E-state index in [1.165, 1.54) is 17.1 Å². The standard InChI is InChI=1S/C17H11ClN4O4/c18-12-6-13-14(7-15(12)25-10-4-2-1-3-5-10)21-16(20-13)22-9-11(8-19-22)26-17(23)24/h1-9H,(H,20,21)(H,23,24). The van der Waals surface area contributed by atoms with Crippen LogP contribution in [0.5, 0.6) is 17.2 Å². The molecule has 0 bridgehead atoms. The van der Waals surface area contributed by atoms with Crippen molar-refractivity contribution in [2.75, 3.05) is 0 Å². The van der Waals surface area contributed by atoms with E-state index in [1.807, 2.05) is 30.3 Å². The van der Waals surface area contributed by atoms with E-state index in [0.29, 0.717) is 33.5 Å². The number of ether oxygens (including phenoxy) is 2. The highest BCUT2D eigenvalue weighted by Gasteiger charge is 2.12. The van der Waals surface area contributed by atoms with Gasteiger partial charge in [-0.25, -0.2) is 14.5 Å². The Hall–Kier alpha value is -3.52. The van der Waals surface area contributed by atoms with Gasteiger partial charge in [-0.2, -0.15) is 5.10 Å². The Morgan fingerprint density at radius 3 is 2.77 bits per heavy atom. The Bertz CT molecular complexity index is 1090. The summed E-state index contributed by atoms with van der Waals surface area (Å²) in [4.78, 5) is 18.0. The Kier molecular flexibility index (Phi) is 3.94. The van der Waals surface area contributed by atoms with Crippen molar-refractivity contribution in [2.45, 2.75) is 0 Å². The van der Waals surface area contributed by atoms with Crippen LogP contribution in [0.15, 0.2) is 54.9 Å². The maximum absolute atomic E-state index is 10.6. The molecule has 0 atom stereocenters. The van der Waals surface area contributed by atoms with Crippen LogP contribution in [0.2, 0.25) is 5.02 Å². The van der Waals surface area contributed by atoms with Crippen LogP contribution in [-0.4, -0.2) is 31.0 Å². The van der Waals surface area contributed by atoms with E-state index in [9.17, 15) is 4.79 Å². The molecule has 0 radical (unpaired) electrons. The van der Waals surface area contributed by atoms with Gasteiger partial charge in [0.05, 0.1) is 28.4 Å². The molecule has 0 aliphatic carbocycles. The highest BCUT2D eigenvalue weighted by molar-refractivity contribution is 6.32. The van der Waals surface area contributed by atoms with Gasteiger partial charge in [-0.1, -0.05) is 29.8 Å². The van der Waals surface area contributed by atoms with Crippen molar-refractivity contribution in [2.24, 2.45) is 0 Å². The fraction of sp³-hybridized carbons (Fsp3) is 0. The first-order valence-corrected chi connectivity index (χ1v) is 7.84. The number of rotatable bonds is 4. The number of carbonyl (C=O) groups is 1. The van der Waals surface area contributed by atoms with Gasteiger partial charge in [0.1, 0.15) is 11.5 Å². The number of fused-ring (bicyclic) bond motifs is 1. The molecule has 130 valence electrons. The molecule has 9 heteroatoms. The van der Waals surface area contributed by atoms with E-state index < -0.39 is 6.16 Å². The van der Waals surface area contributed by atoms with Crippen LogP contribution in [0.1, 0.15) is 0 Å². The summed E-state index contributed by atoms with van der Waals surface area (Å²) in [6.45, 7) is 0. The van der Waals surface area contributed by atoms with Crippen molar-refractivity contribution >= 4 is 28.8 Å². The van der Waals surface area contributed by atoms with Crippen molar-refractivity contribution in [1.82, 2.24) is 19.7 Å². The number of halogens is 1. The second kappa shape index (κ2) is 6.41. The number of nitrogens with one attached hydrogen (secondary N) is 1. The molecule has 0 fully saturated rings. The fourth-order valence-corrected chi connectivity index (χ4v) is 2.58. The van der Waals surface area contributed by atoms with Gasteiger partial charge in [0, 0.05) is 6.07 Å². The zero-order chi connectivity index (χ0) is 18.1. The second-order valence-corrected chi connectivity index (χ2v) is 5.67. The number of benzene rings is 2. The second-order valence-electron chi connectivity index (χ2n) is 5.26. The van der Waals surface area contributed by atoms with Gasteiger partial charge >= 0.3 is 6.16 Å². The van der Waals surface area contributed by atoms with Crippen molar-refractivity contribution in [3.63, 3.8) is 0 Å². The van der Waals surface area contributed by atoms with Crippen LogP contribution < -0.4 is 9.47 Å². The highest BCUT2D eigenvalue weighted by atomic mass is 35.5. The van der Waals surface area contributed by atoms with Crippen LogP contribution in [0.3, 0.4) is 0 Å². The number of hydrogen-bond acceptors (Lipinski definition) is 5. The third kappa shape index (κ3) is 3.17. The minimum absolute atomic E-state index is 0.0871. The smallest absolute Gasteiger partial charge is 0.456 e. The first kappa shape index (κ1) is 16.0. The van der Waals surface area contributed by atoms with Crippen molar-refractivity contribution in [3.05, 3.63) is 59.9 Å². The predicted octanol–water partition coefficient (Wildman–Crippen LogP) is 4.25. The minimum Gasteiger partial charge on any atom is -0.456 e. The lowest BCUT2D eigenvalue weighted by Crippen LogP contribution is -2.02. The average Bonchev–Trinajstić information content (AvgIpc) is 3.22. The van der Waals surface area contributed by atoms with Crippen LogP contribution in [0.25, 0.3) is 17.0 Å². The van der Waals surface area contributed by atoms with E-state index in [-0.39, 0.29) is 5.75 Å². The molecule has 0 aliphatic rings. The van der Waals surface area contributed by atoms with Crippen LogP contribution in [-0.2, 0) is 0 Å². The maximum atomic E-state index is 10.6. The van der Waals surface area contributed by atoms with E-state index in [1.54, 1.807) is 12.1 Å². The maximum Gasteiger partial charge on any atom is 0.511 e. The molecule has 0 spiro atoms. The summed E-state index contributed by atoms with van der Waals surface area (Å²) in [6, 6.07) is 12.7. The molecule has 2 aromatic carbocycles. The molecule has 4 rings (SSSR count). The van der Waals surface area contributed by atoms with Gasteiger partial charge in [-0.05, 0) is 18.2 Å². The van der Waals surface area contributed by atoms with Crippen molar-refractivity contribution in [3.8, 4) is 23.2 Å². The predicted molar refractivity (Wildman–Crippen MR) is 93.4 cm³/mol. The number of carboxylic acid groups (broad SMARTS) is 1. The van der Waals surface area contributed by atoms with Gasteiger partial charge < -0.3 is 19.6 Å². The lowest BCUT2D eigenvalue weighted by Gasteiger charge is -2.07. The molecule has 0 unspecified atom stereocenters. The van der Waals surface area contributed by atoms with E-state index in [4.69, 9.17) is 21.4 Å². The van der Waals surface area contributed by atoms with Crippen molar-refractivity contribution in [1.29, 1.82) is 0 Å². The van der Waals surface area contributed by atoms with E-state index in [0.717, 1.165) is 0 Å². The SMILES string of the molecule is O=C(O)Oc1cnn(-c2nc3cc(Oc4ccccc4)c(Cl)cc3[nH]2)c1. The van der Waals surface area contributed by atoms with E-state index >= 15 is 0 Å². The summed E-state index contributed by atoms with van der Waals surface area (Å²) in [5.74, 6) is 1.60. The molecule has 2 heterocycles. The molecular formula is C17H11ClN4O4. The molecule has 0 amide bonds. The van der Waals surface area contributed by atoms with Gasteiger partial charge in [0.15, 0.2) is 5.75 Å². The molecule has 0 saturated carbocycles. The average molecular weight is 371 g/mol. The topological polar surface area (TPSA) is 102 Å². The number of para-hydroxylation sites is 1. The Morgan fingerprint density at radius 1 is 1.19 bits per heavy atom. The highest BCUT2D eigenvalue weighted by Crippen LogP contribution is 2.33. The molecule has 2 N–H and O–H groups in total. The summed E-state index contributed by atoms with van der Waals surface area (Å²) < 4.78 is 11.7. The molecule has 26 heavy (non-hydrogen) atoms. The number of aromatic nitrogens is 4. The van der Waals surface area contributed by atoms with Crippen molar-refractivity contribution < 1.29 is 19.4 Å². The number of hydrogen-bond donors (Lipinski definition) is 2. The van der Waals surface area contributed by atoms with Crippen LogP contribution in [0.4, 0.5) is 4.79 Å². The molecule has 8 nitrogen and oxygen atoms in total. The van der Waals surface area contributed by atoms with Gasteiger partial charge in [0.2, 0.25) is 5.95 Å². The zero-order valence-electron chi connectivity index (χ0n) is 13.1. The van der Waals surface area contributed by atoms with Crippen LogP contribution in [0, 0.1) is 0 Å². The third-order valence-corrected chi connectivity index (χ3v) is 3.77. The fourth-order valence-electron chi connectivity index (χ4n) is 2.38. The number of nitrogens with zero attached hydrogens (tertiary/aromatic N) is 3. The van der Waals surface area contributed by atoms with E-state index in [2.05, 4.69) is 19.8 Å².